The summed E-state index contributed by atoms with van der Waals surface area (Å²) in [4.78, 5) is 10.2. The first-order valence-electron chi connectivity index (χ1n) is 4.12. The molecule has 0 amide bonds. The highest BCUT2D eigenvalue weighted by atomic mass is 35.5. The molecule has 0 saturated heterocycles. The molecule has 0 atom stereocenters. The average Bonchev–Trinajstić information content (AvgIpc) is 2.17. The molecule has 0 heterocycles. The minimum absolute atomic E-state index is 0.0652. The van der Waals surface area contributed by atoms with Gasteiger partial charge in [-0.2, -0.15) is 5.26 Å². The van der Waals surface area contributed by atoms with Crippen LogP contribution < -0.4 is 0 Å². The number of carboxylic acids is 1. The summed E-state index contributed by atoms with van der Waals surface area (Å²) in [7, 11) is 0. The van der Waals surface area contributed by atoms with E-state index in [2.05, 4.69) is 0 Å². The third-order valence-electron chi connectivity index (χ3n) is 1.69. The van der Waals surface area contributed by atoms with Crippen LogP contribution in [0, 0.1) is 11.3 Å². The summed E-state index contributed by atoms with van der Waals surface area (Å²) in [6, 6.07) is 6.90. The van der Waals surface area contributed by atoms with Gasteiger partial charge in [-0.25, -0.2) is 4.79 Å². The first-order chi connectivity index (χ1) is 7.15. The Bertz CT molecular complexity index is 412. The Kier molecular flexibility index (Phi) is 4.10. The standard InChI is InChI=1S/C10H8ClNO3/c11-9-3-1-2-7(8(9)4-12)5-15-6-10(13)14/h1-3H,5-6H2,(H,13,14). The molecule has 0 aliphatic rings. The summed E-state index contributed by atoms with van der Waals surface area (Å²) in [6.07, 6.45) is 0. The zero-order valence-electron chi connectivity index (χ0n) is 7.74. The second kappa shape index (κ2) is 5.35. The number of nitriles is 1. The maximum atomic E-state index is 10.2. The third-order valence-corrected chi connectivity index (χ3v) is 2.01. The Morgan fingerprint density at radius 1 is 1.60 bits per heavy atom. The number of ether oxygens (including phenoxy) is 1. The fraction of sp³-hybridized carbons (Fsp3) is 0.200. The van der Waals surface area contributed by atoms with Gasteiger partial charge in [0.05, 0.1) is 17.2 Å². The van der Waals surface area contributed by atoms with Crippen molar-refractivity contribution in [3.05, 3.63) is 34.3 Å². The number of aliphatic carboxylic acids is 1. The molecule has 0 unspecified atom stereocenters. The van der Waals surface area contributed by atoms with Crippen molar-refractivity contribution in [1.82, 2.24) is 0 Å². The zero-order chi connectivity index (χ0) is 11.3. The molecule has 5 heteroatoms. The smallest absolute Gasteiger partial charge is 0.329 e. The Hall–Kier alpha value is -1.57. The lowest BCUT2D eigenvalue weighted by Crippen LogP contribution is -2.07. The first kappa shape index (κ1) is 11.5. The quantitative estimate of drug-likeness (QED) is 0.849. The van der Waals surface area contributed by atoms with Crippen LogP contribution in [0.5, 0.6) is 0 Å². The van der Waals surface area contributed by atoms with E-state index in [4.69, 9.17) is 26.7 Å². The highest BCUT2D eigenvalue weighted by Crippen LogP contribution is 2.19. The van der Waals surface area contributed by atoms with E-state index >= 15 is 0 Å². The van der Waals surface area contributed by atoms with E-state index in [0.29, 0.717) is 16.1 Å². The summed E-state index contributed by atoms with van der Waals surface area (Å²) in [6.45, 7) is -0.326. The van der Waals surface area contributed by atoms with Gasteiger partial charge in [-0.1, -0.05) is 23.7 Å². The second-order valence-electron chi connectivity index (χ2n) is 2.77. The number of hydrogen-bond acceptors (Lipinski definition) is 3. The number of benzene rings is 1. The van der Waals surface area contributed by atoms with E-state index in [0.717, 1.165) is 0 Å². The summed E-state index contributed by atoms with van der Waals surface area (Å²) in [5.41, 5.74) is 0.913. The summed E-state index contributed by atoms with van der Waals surface area (Å²) < 4.78 is 4.87. The van der Waals surface area contributed by atoms with E-state index in [-0.39, 0.29) is 6.61 Å². The van der Waals surface area contributed by atoms with Crippen molar-refractivity contribution in [2.75, 3.05) is 6.61 Å². The summed E-state index contributed by atoms with van der Waals surface area (Å²) in [5, 5.41) is 17.5. The number of carboxylic acid groups (broad SMARTS) is 1. The van der Waals surface area contributed by atoms with Gasteiger partial charge in [0.15, 0.2) is 0 Å². The molecular formula is C10H8ClNO3. The van der Waals surface area contributed by atoms with Crippen LogP contribution in [0.3, 0.4) is 0 Å². The first-order valence-corrected chi connectivity index (χ1v) is 4.50. The molecule has 0 radical (unpaired) electrons. The monoisotopic (exact) mass is 225 g/mol. The number of nitrogens with zero attached hydrogens (tertiary/aromatic N) is 1. The number of halogens is 1. The fourth-order valence-electron chi connectivity index (χ4n) is 1.06. The lowest BCUT2D eigenvalue weighted by atomic mass is 10.1. The van der Waals surface area contributed by atoms with Gasteiger partial charge in [0.25, 0.3) is 0 Å². The molecule has 0 aliphatic carbocycles. The van der Waals surface area contributed by atoms with E-state index < -0.39 is 12.6 Å². The van der Waals surface area contributed by atoms with E-state index in [1.807, 2.05) is 6.07 Å². The molecule has 0 aliphatic heterocycles. The highest BCUT2D eigenvalue weighted by Gasteiger charge is 2.06. The Morgan fingerprint density at radius 2 is 2.33 bits per heavy atom. The highest BCUT2D eigenvalue weighted by molar-refractivity contribution is 6.31. The average molecular weight is 226 g/mol. The predicted molar refractivity (Wildman–Crippen MR) is 53.5 cm³/mol. The van der Waals surface area contributed by atoms with Crippen LogP contribution in [-0.2, 0) is 16.1 Å². The van der Waals surface area contributed by atoms with Crippen LogP contribution >= 0.6 is 11.6 Å². The van der Waals surface area contributed by atoms with Crippen molar-refractivity contribution in [1.29, 1.82) is 5.26 Å². The summed E-state index contributed by atoms with van der Waals surface area (Å²) in [5.74, 6) is -1.05. The molecule has 0 spiro atoms. The van der Waals surface area contributed by atoms with Gasteiger partial charge >= 0.3 is 5.97 Å². The largest absolute Gasteiger partial charge is 0.480 e. The van der Waals surface area contributed by atoms with Crippen molar-refractivity contribution in [2.45, 2.75) is 6.61 Å². The molecule has 1 rings (SSSR count). The van der Waals surface area contributed by atoms with Crippen molar-refractivity contribution in [2.24, 2.45) is 0 Å². The Balaban J connectivity index is 2.73. The van der Waals surface area contributed by atoms with Gasteiger partial charge < -0.3 is 9.84 Å². The molecule has 0 fully saturated rings. The van der Waals surface area contributed by atoms with Crippen molar-refractivity contribution in [3.63, 3.8) is 0 Å². The van der Waals surface area contributed by atoms with Gasteiger partial charge in [0.1, 0.15) is 12.7 Å². The SMILES string of the molecule is N#Cc1c(Cl)cccc1COCC(=O)O. The number of rotatable bonds is 4. The van der Waals surface area contributed by atoms with Crippen LogP contribution in [0.2, 0.25) is 5.02 Å². The van der Waals surface area contributed by atoms with Crippen LogP contribution in [0.25, 0.3) is 0 Å². The molecule has 1 aromatic carbocycles. The van der Waals surface area contributed by atoms with Crippen LogP contribution in [0.15, 0.2) is 18.2 Å². The van der Waals surface area contributed by atoms with Gasteiger partial charge in [-0.15, -0.1) is 0 Å². The van der Waals surface area contributed by atoms with Gasteiger partial charge in [0, 0.05) is 0 Å². The van der Waals surface area contributed by atoms with Gasteiger partial charge in [-0.05, 0) is 11.6 Å². The maximum Gasteiger partial charge on any atom is 0.329 e. The third kappa shape index (κ3) is 3.24. The van der Waals surface area contributed by atoms with Crippen molar-refractivity contribution >= 4 is 17.6 Å². The second-order valence-corrected chi connectivity index (χ2v) is 3.18. The molecule has 0 bridgehead atoms. The normalized spacial score (nSPS) is 9.60. The molecule has 0 aromatic heterocycles. The molecule has 15 heavy (non-hydrogen) atoms. The van der Waals surface area contributed by atoms with Gasteiger partial charge in [-0.3, -0.25) is 0 Å². The van der Waals surface area contributed by atoms with Crippen LogP contribution in [0.1, 0.15) is 11.1 Å². The maximum absolute atomic E-state index is 10.2. The number of hydrogen-bond donors (Lipinski definition) is 1. The Labute approximate surface area is 91.7 Å². The predicted octanol–water partition coefficient (Wildman–Crippen LogP) is 1.81. The molecule has 78 valence electrons. The van der Waals surface area contributed by atoms with Crippen molar-refractivity contribution in [3.8, 4) is 6.07 Å². The molecule has 4 nitrogen and oxygen atoms in total. The minimum atomic E-state index is -1.05. The lowest BCUT2D eigenvalue weighted by Gasteiger charge is -2.04. The van der Waals surface area contributed by atoms with Crippen LogP contribution in [-0.4, -0.2) is 17.7 Å². The number of carbonyl (C=O) groups is 1. The minimum Gasteiger partial charge on any atom is -0.480 e. The molecule has 0 saturated carbocycles. The van der Waals surface area contributed by atoms with E-state index in [1.165, 1.54) is 0 Å². The van der Waals surface area contributed by atoms with Crippen molar-refractivity contribution < 1.29 is 14.6 Å². The topological polar surface area (TPSA) is 70.3 Å². The molecule has 1 aromatic rings. The zero-order valence-corrected chi connectivity index (χ0v) is 8.49. The summed E-state index contributed by atoms with van der Waals surface area (Å²) >= 11 is 5.78. The Morgan fingerprint density at radius 3 is 2.93 bits per heavy atom. The van der Waals surface area contributed by atoms with E-state index in [1.54, 1.807) is 18.2 Å². The van der Waals surface area contributed by atoms with E-state index in [9.17, 15) is 4.79 Å². The van der Waals surface area contributed by atoms with Gasteiger partial charge in [0.2, 0.25) is 0 Å². The fourth-order valence-corrected chi connectivity index (χ4v) is 1.30. The van der Waals surface area contributed by atoms with Crippen LogP contribution in [0.4, 0.5) is 0 Å². The molecular weight excluding hydrogens is 218 g/mol. The molecule has 1 N–H and O–H groups in total. The lowest BCUT2D eigenvalue weighted by molar-refractivity contribution is -0.142.